The van der Waals surface area contributed by atoms with Gasteiger partial charge < -0.3 is 5.53 Å². The van der Waals surface area contributed by atoms with Gasteiger partial charge in [-0.3, -0.25) is 0 Å². The van der Waals surface area contributed by atoms with Gasteiger partial charge in [-0.05, 0) is 80.8 Å². The minimum absolute atomic E-state index is 0.934. The summed E-state index contributed by atoms with van der Waals surface area (Å²) in [6.07, 6.45) is 37.9. The predicted molar refractivity (Wildman–Crippen MR) is 241 cm³/mol. The van der Waals surface area contributed by atoms with E-state index in [2.05, 4.69) is 90.1 Å². The Morgan fingerprint density at radius 1 is 0.400 bits per heavy atom. The van der Waals surface area contributed by atoms with Crippen LogP contribution in [0.3, 0.4) is 0 Å². The van der Waals surface area contributed by atoms with Gasteiger partial charge in [-0.15, -0.1) is 0 Å². The maximum atomic E-state index is 11.4. The quantitative estimate of drug-likeness (QED) is 0.0400. The average Bonchev–Trinajstić information content (AvgIpc) is 3.45. The van der Waals surface area contributed by atoms with Crippen molar-refractivity contribution in [2.45, 2.75) is 232 Å². The molecule has 0 aliphatic carbocycles. The molecular formula is C52H86N2Ni. The van der Waals surface area contributed by atoms with Gasteiger partial charge in [-0.1, -0.05) is 70.7 Å². The molecule has 1 heterocycles. The number of unbranched alkanes of at least 4 members (excludes halogenated alkanes) is 20. The molecule has 3 rings (SSSR count). The average molecular weight is 798 g/mol. The Morgan fingerprint density at radius 2 is 0.745 bits per heavy atom. The number of hydrogen-bond donors (Lipinski definition) is 0. The Kier molecular flexibility index (Phi) is 29.5. The summed E-state index contributed by atoms with van der Waals surface area (Å²) < 4.78 is 1.46. The molecule has 1 aliphatic rings. The molecule has 314 valence electrons. The fourth-order valence-corrected chi connectivity index (χ4v) is 8.88. The van der Waals surface area contributed by atoms with Crippen LogP contribution < -0.4 is 0 Å². The standard InChI is InChI=1S/C30H40N2.2C11H23.Ni/c1-5-8-11-14-28-23(4)29(26-19-15-24(16-20-26)12-9-6-2)32(31)30(28)27-21-17-25(18-22-27)13-10-7-3;2*1-3-5-7-9-11-10-8-6-4-2;/h15-22H,5-14H2,1-4H3;2*1,3-11H2,2H3;. The number of rotatable bonds is 32. The molecule has 0 spiro atoms. The normalized spacial score (nSPS) is 12.9. The van der Waals surface area contributed by atoms with Crippen LogP contribution in [-0.2, 0) is 27.3 Å². The third-order valence-electron chi connectivity index (χ3n) is 11.3. The first kappa shape index (κ1) is 49.2. The zero-order valence-electron chi connectivity index (χ0n) is 37.0. The first-order valence-corrected chi connectivity index (χ1v) is 25.0. The summed E-state index contributed by atoms with van der Waals surface area (Å²) in [5, 5.41) is 2.86. The molecule has 0 fully saturated rings. The van der Waals surface area contributed by atoms with E-state index in [4.69, 9.17) is 0 Å². The molecule has 0 saturated heterocycles. The van der Waals surface area contributed by atoms with Crippen molar-refractivity contribution in [3.63, 3.8) is 0 Å². The van der Waals surface area contributed by atoms with Crippen molar-refractivity contribution >= 4 is 11.4 Å². The van der Waals surface area contributed by atoms with Gasteiger partial charge in [0.2, 0.25) is 11.4 Å². The summed E-state index contributed by atoms with van der Waals surface area (Å²) in [7, 11) is 0. The Balaban J connectivity index is 0.000000404. The first-order chi connectivity index (χ1) is 27.0. The third-order valence-corrected chi connectivity index (χ3v) is 12.7. The van der Waals surface area contributed by atoms with Crippen molar-refractivity contribution in [3.8, 4) is 0 Å². The summed E-state index contributed by atoms with van der Waals surface area (Å²) in [5.41, 5.74) is 20.7. The Labute approximate surface area is 348 Å². The van der Waals surface area contributed by atoms with E-state index in [1.807, 2.05) is 14.4 Å². The van der Waals surface area contributed by atoms with Crippen molar-refractivity contribution in [2.24, 2.45) is 0 Å². The second-order valence-electron chi connectivity index (χ2n) is 16.3. The van der Waals surface area contributed by atoms with Gasteiger partial charge in [-0.25, -0.2) is 4.70 Å². The van der Waals surface area contributed by atoms with Crippen LogP contribution >= 0.6 is 0 Å². The van der Waals surface area contributed by atoms with Gasteiger partial charge in [-0.2, -0.15) is 0 Å². The van der Waals surface area contributed by atoms with Gasteiger partial charge >= 0.3 is 155 Å². The molecule has 2 nitrogen and oxygen atoms in total. The third kappa shape index (κ3) is 20.8. The zero-order valence-corrected chi connectivity index (χ0v) is 38.0. The first-order valence-electron chi connectivity index (χ1n) is 23.6. The number of allylic oxidation sites excluding steroid dienone is 2. The fraction of sp³-hybridized carbons (Fsp3) is 0.692. The van der Waals surface area contributed by atoms with Crippen molar-refractivity contribution in [2.75, 3.05) is 0 Å². The Hall–Kier alpha value is -1.99. The van der Waals surface area contributed by atoms with Crippen LogP contribution in [0.15, 0.2) is 59.7 Å². The molecular weight excluding hydrogens is 711 g/mol. The molecule has 0 aromatic heterocycles. The number of nitrogens with zero attached hydrogens (tertiary/aromatic N) is 2. The molecule has 2 aromatic carbocycles. The molecule has 0 N–H and O–H groups in total. The molecule has 3 heteroatoms. The van der Waals surface area contributed by atoms with E-state index in [-0.39, 0.29) is 0 Å². The number of aryl methyl sites for hydroxylation is 2. The summed E-state index contributed by atoms with van der Waals surface area (Å²) in [5.74, 6) is 0. The molecule has 0 atom stereocenters. The zero-order chi connectivity index (χ0) is 39.8. The molecule has 0 saturated carbocycles. The van der Waals surface area contributed by atoms with Gasteiger partial charge in [0, 0.05) is 22.3 Å². The summed E-state index contributed by atoms with van der Waals surface area (Å²) in [6.45, 7) is 13.5. The van der Waals surface area contributed by atoms with Crippen LogP contribution in [0, 0.1) is 0 Å². The number of hydrogen-bond acceptors (Lipinski definition) is 0. The Morgan fingerprint density at radius 3 is 1.15 bits per heavy atom. The van der Waals surface area contributed by atoms with Crippen molar-refractivity contribution < 1.29 is 19.1 Å². The van der Waals surface area contributed by atoms with Crippen LogP contribution in [-0.4, -0.2) is 4.70 Å². The molecule has 0 bridgehead atoms. The van der Waals surface area contributed by atoms with Gasteiger partial charge in [0.05, 0.1) is 0 Å². The predicted octanol–water partition coefficient (Wildman–Crippen LogP) is 18.1. The van der Waals surface area contributed by atoms with Crippen molar-refractivity contribution in [1.82, 2.24) is 0 Å². The molecule has 55 heavy (non-hydrogen) atoms. The van der Waals surface area contributed by atoms with E-state index < -0.39 is 0 Å². The van der Waals surface area contributed by atoms with E-state index >= 15 is 0 Å². The fourth-order valence-electron chi connectivity index (χ4n) is 7.65. The summed E-state index contributed by atoms with van der Waals surface area (Å²) >= 11 is 2.03. The maximum absolute atomic E-state index is 11.4. The topological polar surface area (TPSA) is 25.3 Å². The molecule has 1 aliphatic heterocycles. The molecule has 2 aromatic rings. The van der Waals surface area contributed by atoms with Gasteiger partial charge in [0.25, 0.3) is 0 Å². The van der Waals surface area contributed by atoms with Crippen molar-refractivity contribution in [1.29, 1.82) is 0 Å². The van der Waals surface area contributed by atoms with Crippen LogP contribution in [0.4, 0.5) is 0 Å². The van der Waals surface area contributed by atoms with Gasteiger partial charge in [0.15, 0.2) is 0 Å². The van der Waals surface area contributed by atoms with Crippen molar-refractivity contribution in [3.05, 3.63) is 87.5 Å². The second-order valence-corrected chi connectivity index (χ2v) is 17.8. The number of benzene rings is 2. The van der Waals surface area contributed by atoms with Crippen LogP contribution in [0.25, 0.3) is 16.9 Å². The molecule has 0 radical (unpaired) electrons. The van der Waals surface area contributed by atoms with Crippen LogP contribution in [0.1, 0.15) is 231 Å². The molecule has 0 unspecified atom stereocenters. The molecule has 0 amide bonds. The van der Waals surface area contributed by atoms with E-state index in [1.165, 1.54) is 192 Å². The van der Waals surface area contributed by atoms with E-state index in [0.717, 1.165) is 48.2 Å². The summed E-state index contributed by atoms with van der Waals surface area (Å²) in [4.78, 5) is 0. The summed E-state index contributed by atoms with van der Waals surface area (Å²) in [6, 6.07) is 17.6. The second kappa shape index (κ2) is 33.0. The van der Waals surface area contributed by atoms with Gasteiger partial charge in [0.1, 0.15) is 0 Å². The van der Waals surface area contributed by atoms with E-state index in [1.54, 1.807) is 0 Å². The van der Waals surface area contributed by atoms with E-state index in [0.29, 0.717) is 0 Å². The Bertz CT molecular complexity index is 1280. The van der Waals surface area contributed by atoms with Crippen LogP contribution in [0.5, 0.6) is 0 Å². The van der Waals surface area contributed by atoms with E-state index in [9.17, 15) is 5.53 Å². The monoisotopic (exact) mass is 797 g/mol. The minimum atomic E-state index is 0.934. The SMILES string of the molecule is CCCCCC1=C(c2ccc(CCCC)cc2)[N+](=[N-])C(c2ccc(CCCC)cc2)=C1C.CCCCCCCCCC[CH2][Ni][CH2]CCCCCCCCCC. The van der Waals surface area contributed by atoms with Crippen LogP contribution in [0.2, 0.25) is 10.8 Å².